The summed E-state index contributed by atoms with van der Waals surface area (Å²) in [6.45, 7) is 11.4. The van der Waals surface area contributed by atoms with E-state index in [0.717, 1.165) is 13.0 Å². The number of methoxy groups -OCH3 is 1. The fourth-order valence-corrected chi connectivity index (χ4v) is 2.42. The molecule has 1 heterocycles. The van der Waals surface area contributed by atoms with Gasteiger partial charge in [0.15, 0.2) is 0 Å². The Kier molecular flexibility index (Phi) is 2.69. The first kappa shape index (κ1) is 12.4. The highest BCUT2D eigenvalue weighted by Gasteiger charge is 2.64. The van der Waals surface area contributed by atoms with Crippen LogP contribution in [0.3, 0.4) is 0 Å². The van der Waals surface area contributed by atoms with Crippen molar-refractivity contribution in [3.63, 3.8) is 0 Å². The first-order valence-corrected chi connectivity index (χ1v) is 6.06. The van der Waals surface area contributed by atoms with Crippen LogP contribution in [0.15, 0.2) is 0 Å². The van der Waals surface area contributed by atoms with Crippen molar-refractivity contribution in [2.24, 2.45) is 5.41 Å². The molecule has 3 nitrogen and oxygen atoms in total. The van der Waals surface area contributed by atoms with Crippen molar-refractivity contribution in [2.75, 3.05) is 13.7 Å². The molecule has 0 bridgehead atoms. The van der Waals surface area contributed by atoms with Gasteiger partial charge in [0.1, 0.15) is 0 Å². The highest BCUT2D eigenvalue weighted by Crippen LogP contribution is 2.62. The quantitative estimate of drug-likeness (QED) is 0.692. The summed E-state index contributed by atoms with van der Waals surface area (Å²) in [5, 5.41) is 0. The van der Waals surface area contributed by atoms with E-state index in [4.69, 9.17) is 14.0 Å². The van der Waals surface area contributed by atoms with E-state index in [0.29, 0.717) is 5.82 Å². The van der Waals surface area contributed by atoms with Crippen LogP contribution in [-0.4, -0.2) is 32.0 Å². The maximum atomic E-state index is 6.05. The molecule has 0 radical (unpaired) electrons. The van der Waals surface area contributed by atoms with Crippen LogP contribution in [0, 0.1) is 5.41 Å². The number of hydrogen-bond donors (Lipinski definition) is 0. The predicted molar refractivity (Wildman–Crippen MR) is 64.4 cm³/mol. The maximum Gasteiger partial charge on any atom is 0.461 e. The predicted octanol–water partition coefficient (Wildman–Crippen LogP) is 2.51. The molecule has 2 aliphatic rings. The van der Waals surface area contributed by atoms with Crippen LogP contribution >= 0.6 is 0 Å². The Bertz CT molecular complexity index is 274. The standard InChI is InChI=1S/C12H23BO3/c1-10(2)11(3,4)16-13(15-10)9-7-12(9,5)8-14-6/h9H,7-8H2,1-6H3/t9-,12-/m1/s1. The Morgan fingerprint density at radius 3 is 2.06 bits per heavy atom. The Labute approximate surface area is 99.0 Å². The van der Waals surface area contributed by atoms with E-state index < -0.39 is 0 Å². The van der Waals surface area contributed by atoms with Crippen LogP contribution in [-0.2, 0) is 14.0 Å². The molecule has 1 saturated heterocycles. The fraction of sp³-hybridized carbons (Fsp3) is 1.00. The topological polar surface area (TPSA) is 27.7 Å². The normalized spacial score (nSPS) is 40.1. The van der Waals surface area contributed by atoms with Crippen molar-refractivity contribution < 1.29 is 14.0 Å². The molecule has 0 spiro atoms. The molecule has 0 amide bonds. The van der Waals surface area contributed by atoms with Gasteiger partial charge in [0, 0.05) is 12.9 Å². The van der Waals surface area contributed by atoms with Crippen LogP contribution in [0.1, 0.15) is 41.0 Å². The average molecular weight is 226 g/mol. The molecule has 16 heavy (non-hydrogen) atoms. The van der Waals surface area contributed by atoms with Crippen LogP contribution in [0.4, 0.5) is 0 Å². The van der Waals surface area contributed by atoms with Crippen molar-refractivity contribution >= 4 is 7.12 Å². The van der Waals surface area contributed by atoms with Crippen LogP contribution in [0.5, 0.6) is 0 Å². The third kappa shape index (κ3) is 1.81. The van der Waals surface area contributed by atoms with Crippen molar-refractivity contribution in [1.82, 2.24) is 0 Å². The summed E-state index contributed by atoms with van der Waals surface area (Å²) in [5.41, 5.74) is -0.182. The molecule has 1 aliphatic carbocycles. The molecule has 0 aromatic heterocycles. The Hall–Kier alpha value is -0.0551. The summed E-state index contributed by atoms with van der Waals surface area (Å²) in [4.78, 5) is 0. The molecule has 2 fully saturated rings. The molecular weight excluding hydrogens is 203 g/mol. The molecule has 1 aliphatic heterocycles. The van der Waals surface area contributed by atoms with Crippen LogP contribution < -0.4 is 0 Å². The number of ether oxygens (including phenoxy) is 1. The SMILES string of the molecule is COC[C@@]1(C)C[C@H]1B1OC(C)(C)C(C)(C)O1. The van der Waals surface area contributed by atoms with Gasteiger partial charge < -0.3 is 14.0 Å². The molecule has 0 unspecified atom stereocenters. The highest BCUT2D eigenvalue weighted by atomic mass is 16.7. The lowest BCUT2D eigenvalue weighted by Crippen LogP contribution is -2.41. The fourth-order valence-electron chi connectivity index (χ4n) is 2.42. The lowest BCUT2D eigenvalue weighted by molar-refractivity contribution is 0.00578. The van der Waals surface area contributed by atoms with Gasteiger partial charge in [-0.3, -0.25) is 0 Å². The highest BCUT2D eigenvalue weighted by molar-refractivity contribution is 6.49. The molecule has 4 heteroatoms. The monoisotopic (exact) mass is 226 g/mol. The maximum absolute atomic E-state index is 6.05. The Morgan fingerprint density at radius 2 is 1.62 bits per heavy atom. The van der Waals surface area contributed by atoms with Crippen LogP contribution in [0.25, 0.3) is 0 Å². The van der Waals surface area contributed by atoms with Crippen LogP contribution in [0.2, 0.25) is 5.82 Å². The summed E-state index contributed by atoms with van der Waals surface area (Å²) in [6, 6.07) is 0. The van der Waals surface area contributed by atoms with E-state index in [2.05, 4.69) is 34.6 Å². The Balaban J connectivity index is 2.01. The minimum absolute atomic E-state index is 0.0647. The van der Waals surface area contributed by atoms with Gasteiger partial charge in [-0.25, -0.2) is 0 Å². The number of rotatable bonds is 3. The smallest absolute Gasteiger partial charge is 0.403 e. The third-order valence-electron chi connectivity index (χ3n) is 4.50. The number of hydrogen-bond acceptors (Lipinski definition) is 3. The van der Waals surface area contributed by atoms with Gasteiger partial charge in [0.2, 0.25) is 0 Å². The van der Waals surface area contributed by atoms with Gasteiger partial charge >= 0.3 is 7.12 Å². The van der Waals surface area contributed by atoms with Gasteiger partial charge in [0.05, 0.1) is 17.8 Å². The third-order valence-corrected chi connectivity index (χ3v) is 4.50. The molecule has 2 atom stereocenters. The summed E-state index contributed by atoms with van der Waals surface area (Å²) in [7, 11) is 1.69. The second-order valence-electron chi connectivity index (χ2n) is 6.52. The van der Waals surface area contributed by atoms with Gasteiger partial charge in [0.25, 0.3) is 0 Å². The summed E-state index contributed by atoms with van der Waals surface area (Å²) < 4.78 is 17.4. The zero-order valence-electron chi connectivity index (χ0n) is 11.3. The molecule has 0 aromatic rings. The summed E-state index contributed by atoms with van der Waals surface area (Å²) in [6.07, 6.45) is 1.14. The lowest BCUT2D eigenvalue weighted by atomic mass is 9.77. The second-order valence-corrected chi connectivity index (χ2v) is 6.52. The molecule has 0 aromatic carbocycles. The van der Waals surface area contributed by atoms with E-state index in [1.807, 2.05) is 0 Å². The average Bonchev–Trinajstić information content (AvgIpc) is 2.69. The molecule has 2 rings (SSSR count). The van der Waals surface area contributed by atoms with E-state index in [1.54, 1.807) is 7.11 Å². The van der Waals surface area contributed by atoms with E-state index in [-0.39, 0.29) is 23.7 Å². The molecule has 92 valence electrons. The minimum atomic E-state index is -0.214. The minimum Gasteiger partial charge on any atom is -0.403 e. The molecule has 0 N–H and O–H groups in total. The largest absolute Gasteiger partial charge is 0.461 e. The summed E-state index contributed by atoms with van der Waals surface area (Å²) >= 11 is 0. The van der Waals surface area contributed by atoms with Gasteiger partial charge in [-0.1, -0.05) is 6.92 Å². The van der Waals surface area contributed by atoms with Crippen molar-refractivity contribution in [3.05, 3.63) is 0 Å². The first-order chi connectivity index (χ1) is 7.22. The van der Waals surface area contributed by atoms with Crippen molar-refractivity contribution in [3.8, 4) is 0 Å². The lowest BCUT2D eigenvalue weighted by Gasteiger charge is -2.32. The van der Waals surface area contributed by atoms with E-state index in [9.17, 15) is 0 Å². The zero-order chi connectivity index (χ0) is 12.2. The van der Waals surface area contributed by atoms with Crippen molar-refractivity contribution in [2.45, 2.75) is 58.1 Å². The first-order valence-electron chi connectivity index (χ1n) is 6.06. The zero-order valence-corrected chi connectivity index (χ0v) is 11.3. The molecular formula is C12H23BO3. The van der Waals surface area contributed by atoms with Crippen molar-refractivity contribution in [1.29, 1.82) is 0 Å². The van der Waals surface area contributed by atoms with E-state index in [1.165, 1.54) is 0 Å². The Morgan fingerprint density at radius 1 is 1.12 bits per heavy atom. The van der Waals surface area contributed by atoms with E-state index >= 15 is 0 Å². The van der Waals surface area contributed by atoms with Gasteiger partial charge in [-0.05, 0) is 39.5 Å². The second kappa shape index (κ2) is 3.47. The van der Waals surface area contributed by atoms with Gasteiger partial charge in [-0.2, -0.15) is 0 Å². The summed E-state index contributed by atoms with van der Waals surface area (Å²) in [5.74, 6) is 0.480. The van der Waals surface area contributed by atoms with Gasteiger partial charge in [-0.15, -0.1) is 0 Å². The molecule has 1 saturated carbocycles.